The Labute approximate surface area is 214 Å². The lowest BCUT2D eigenvalue weighted by Crippen LogP contribution is -2.56. The molecule has 1 spiro atoms. The number of alkyl carbamates (subject to hydrolysis) is 1. The fourth-order valence-corrected chi connectivity index (χ4v) is 5.18. The molecule has 0 bridgehead atoms. The Morgan fingerprint density at radius 3 is 2.33 bits per heavy atom. The Morgan fingerprint density at radius 2 is 1.75 bits per heavy atom. The Morgan fingerprint density at radius 1 is 1.08 bits per heavy atom. The van der Waals surface area contributed by atoms with Crippen molar-refractivity contribution in [1.29, 1.82) is 0 Å². The van der Waals surface area contributed by atoms with E-state index in [1.165, 1.54) is 5.57 Å². The Kier molecular flexibility index (Phi) is 10.6. The maximum Gasteiger partial charge on any atom is 0.407 e. The first-order valence-corrected chi connectivity index (χ1v) is 13.1. The Balaban J connectivity index is 1.36. The third kappa shape index (κ3) is 7.64. The number of epoxide rings is 2. The van der Waals surface area contributed by atoms with Gasteiger partial charge in [0.2, 0.25) is 5.91 Å². The van der Waals surface area contributed by atoms with Crippen molar-refractivity contribution in [2.24, 2.45) is 5.92 Å². The Bertz CT molecular complexity index is 767. The van der Waals surface area contributed by atoms with E-state index in [9.17, 15) is 9.59 Å². The van der Waals surface area contributed by atoms with Gasteiger partial charge >= 0.3 is 6.09 Å². The van der Waals surface area contributed by atoms with Gasteiger partial charge in [0, 0.05) is 26.6 Å². The maximum atomic E-state index is 12.5. The third-order valence-electron chi connectivity index (χ3n) is 7.27. The number of methoxy groups -OCH3 is 1. The lowest BCUT2D eigenvalue weighted by atomic mass is 9.68. The number of hydrogen-bond donors (Lipinski definition) is 2. The average molecular weight is 513 g/mol. The lowest BCUT2D eigenvalue weighted by molar-refractivity contribution is -0.121. The minimum atomic E-state index is -0.483. The predicted octanol–water partition coefficient (Wildman–Crippen LogP) is 2.35. The van der Waals surface area contributed by atoms with E-state index in [1.807, 2.05) is 0 Å². The van der Waals surface area contributed by atoms with Gasteiger partial charge in [-0.3, -0.25) is 4.79 Å². The van der Waals surface area contributed by atoms with Crippen LogP contribution in [-0.4, -0.2) is 94.7 Å². The van der Waals surface area contributed by atoms with E-state index in [4.69, 9.17) is 28.4 Å². The molecule has 2 heterocycles. The number of carbonyl (C=O) groups is 2. The van der Waals surface area contributed by atoms with Crippen molar-refractivity contribution in [3.63, 3.8) is 0 Å². The topological polar surface area (TPSA) is 120 Å². The van der Waals surface area contributed by atoms with E-state index in [2.05, 4.69) is 37.5 Å². The van der Waals surface area contributed by atoms with Gasteiger partial charge in [-0.15, -0.1) is 0 Å². The normalized spacial score (nSPS) is 32.6. The highest BCUT2D eigenvalue weighted by atomic mass is 16.6. The van der Waals surface area contributed by atoms with Crippen LogP contribution in [0, 0.1) is 5.92 Å². The molecule has 4 unspecified atom stereocenters. The largest absolute Gasteiger partial charge is 0.443 e. The van der Waals surface area contributed by atoms with Crippen LogP contribution in [0.5, 0.6) is 0 Å². The first-order chi connectivity index (χ1) is 17.3. The average Bonchev–Trinajstić information content (AvgIpc) is 3.76. The van der Waals surface area contributed by atoms with Crippen molar-refractivity contribution in [1.82, 2.24) is 10.6 Å². The molecule has 206 valence electrons. The second kappa shape index (κ2) is 13.2. The first kappa shape index (κ1) is 28.8. The number of nitrogens with one attached hydrogen (secondary N) is 2. The van der Waals surface area contributed by atoms with Crippen molar-refractivity contribution < 1.29 is 38.0 Å². The monoisotopic (exact) mass is 512 g/mol. The molecule has 1 aliphatic carbocycles. The Hall–Kier alpha value is -1.72. The van der Waals surface area contributed by atoms with Gasteiger partial charge in [0.25, 0.3) is 0 Å². The highest BCUT2D eigenvalue weighted by Crippen LogP contribution is 2.59. The van der Waals surface area contributed by atoms with E-state index >= 15 is 0 Å². The standard InChI is InChI=1S/C26H44N2O8/c1-6-21(29)27-11-13-32-15-16-33-14-12-28-24(30)35-19-9-10-26(17-34-26)23(22(19)31-5)25(4)20(36-25)8-7-18(2)3/h7,19-20,22-23H,6,8-17H2,1-5H3,(H,27,29)(H,28,30)/t19?,20-,22?,23?,25?,26+/m1/s1. The van der Waals surface area contributed by atoms with Gasteiger partial charge in [-0.1, -0.05) is 18.6 Å². The number of carbonyl (C=O) groups excluding carboxylic acids is 2. The van der Waals surface area contributed by atoms with Crippen molar-refractivity contribution in [2.45, 2.75) is 82.9 Å². The van der Waals surface area contributed by atoms with Crippen LogP contribution in [0.15, 0.2) is 11.6 Å². The molecule has 1 saturated carbocycles. The fourth-order valence-electron chi connectivity index (χ4n) is 5.18. The number of rotatable bonds is 15. The van der Waals surface area contributed by atoms with E-state index < -0.39 is 6.09 Å². The van der Waals surface area contributed by atoms with E-state index in [0.29, 0.717) is 59.0 Å². The summed E-state index contributed by atoms with van der Waals surface area (Å²) in [5.74, 6) is 0.00299. The van der Waals surface area contributed by atoms with Crippen LogP contribution < -0.4 is 10.6 Å². The smallest absolute Gasteiger partial charge is 0.407 e. The molecule has 2 aliphatic heterocycles. The molecule has 3 aliphatic rings. The second-order valence-electron chi connectivity index (χ2n) is 10.2. The van der Waals surface area contributed by atoms with Crippen LogP contribution in [0.4, 0.5) is 4.79 Å². The highest BCUT2D eigenvalue weighted by molar-refractivity contribution is 5.75. The van der Waals surface area contributed by atoms with E-state index in [-0.39, 0.29) is 41.3 Å². The summed E-state index contributed by atoms with van der Waals surface area (Å²) in [5, 5.41) is 5.49. The number of hydrogen-bond acceptors (Lipinski definition) is 8. The van der Waals surface area contributed by atoms with Crippen molar-refractivity contribution in [3.05, 3.63) is 11.6 Å². The van der Waals surface area contributed by atoms with Gasteiger partial charge in [0.15, 0.2) is 0 Å². The molecule has 0 aromatic rings. The zero-order chi connectivity index (χ0) is 26.2. The molecule has 2 saturated heterocycles. The molecule has 2 amide bonds. The summed E-state index contributed by atoms with van der Waals surface area (Å²) in [6.07, 6.45) is 3.97. The predicted molar refractivity (Wildman–Crippen MR) is 133 cm³/mol. The molecule has 0 aromatic heterocycles. The molecule has 3 fully saturated rings. The summed E-state index contributed by atoms with van der Waals surface area (Å²) in [4.78, 5) is 23.6. The summed E-state index contributed by atoms with van der Waals surface area (Å²) in [6, 6.07) is 0. The molecule has 10 nitrogen and oxygen atoms in total. The van der Waals surface area contributed by atoms with Crippen LogP contribution in [-0.2, 0) is 33.2 Å². The van der Waals surface area contributed by atoms with Crippen molar-refractivity contribution >= 4 is 12.0 Å². The second-order valence-corrected chi connectivity index (χ2v) is 10.2. The van der Waals surface area contributed by atoms with Gasteiger partial charge < -0.3 is 39.1 Å². The SMILES string of the molecule is CCC(=O)NCCOCCOCCNC(=O)OC1CC[C@]2(CO2)C(C2(C)O[C@@H]2CC=C(C)C)C1OC. The molecule has 0 aromatic carbocycles. The summed E-state index contributed by atoms with van der Waals surface area (Å²) in [6.45, 7) is 11.2. The van der Waals surface area contributed by atoms with Crippen LogP contribution in [0.3, 0.4) is 0 Å². The zero-order valence-electron chi connectivity index (χ0n) is 22.4. The number of amides is 2. The number of allylic oxidation sites excluding steroid dienone is 1. The van der Waals surface area contributed by atoms with Gasteiger partial charge in [-0.25, -0.2) is 4.79 Å². The molecule has 2 N–H and O–H groups in total. The fraction of sp³-hybridized carbons (Fsp3) is 0.846. The van der Waals surface area contributed by atoms with E-state index in [0.717, 1.165) is 12.8 Å². The van der Waals surface area contributed by atoms with Crippen molar-refractivity contribution in [3.8, 4) is 0 Å². The van der Waals surface area contributed by atoms with Crippen LogP contribution in [0.2, 0.25) is 0 Å². The zero-order valence-corrected chi connectivity index (χ0v) is 22.4. The summed E-state index contributed by atoms with van der Waals surface area (Å²) in [5.41, 5.74) is 0.659. The van der Waals surface area contributed by atoms with Crippen LogP contribution >= 0.6 is 0 Å². The van der Waals surface area contributed by atoms with E-state index in [1.54, 1.807) is 14.0 Å². The maximum absolute atomic E-state index is 12.5. The molecular formula is C26H44N2O8. The molecule has 36 heavy (non-hydrogen) atoms. The van der Waals surface area contributed by atoms with Gasteiger partial charge in [0.05, 0.1) is 45.1 Å². The molecular weight excluding hydrogens is 468 g/mol. The highest BCUT2D eigenvalue weighted by Gasteiger charge is 2.72. The first-order valence-electron chi connectivity index (χ1n) is 13.1. The summed E-state index contributed by atoms with van der Waals surface area (Å²) in [7, 11) is 1.66. The summed E-state index contributed by atoms with van der Waals surface area (Å²) >= 11 is 0. The number of ether oxygens (including phenoxy) is 6. The van der Waals surface area contributed by atoms with Gasteiger partial charge in [-0.05, 0) is 40.0 Å². The van der Waals surface area contributed by atoms with Crippen molar-refractivity contribution in [2.75, 3.05) is 53.2 Å². The van der Waals surface area contributed by atoms with Crippen LogP contribution in [0.1, 0.15) is 53.4 Å². The quantitative estimate of drug-likeness (QED) is 0.195. The minimum Gasteiger partial charge on any atom is -0.443 e. The molecule has 3 rings (SSSR count). The summed E-state index contributed by atoms with van der Waals surface area (Å²) < 4.78 is 34.7. The molecule has 6 atom stereocenters. The third-order valence-corrected chi connectivity index (χ3v) is 7.27. The lowest BCUT2D eigenvalue weighted by Gasteiger charge is -2.42. The van der Waals surface area contributed by atoms with Crippen LogP contribution in [0.25, 0.3) is 0 Å². The molecule has 0 radical (unpaired) electrons. The minimum absolute atomic E-state index is 0.00395. The van der Waals surface area contributed by atoms with Gasteiger partial charge in [0.1, 0.15) is 23.4 Å². The molecule has 10 heteroatoms. The van der Waals surface area contributed by atoms with Gasteiger partial charge in [-0.2, -0.15) is 0 Å².